The first-order valence-electron chi connectivity index (χ1n) is 7.15. The molecule has 114 valence electrons. The van der Waals surface area contributed by atoms with Crippen LogP contribution in [0.3, 0.4) is 0 Å². The molecule has 6 heteroatoms. The molecule has 0 unspecified atom stereocenters. The molecule has 1 saturated carbocycles. The summed E-state index contributed by atoms with van der Waals surface area (Å²) in [6.45, 7) is 1.46. The van der Waals surface area contributed by atoms with Crippen LogP contribution in [0.2, 0.25) is 0 Å². The van der Waals surface area contributed by atoms with E-state index in [-0.39, 0.29) is 12.5 Å². The van der Waals surface area contributed by atoms with Gasteiger partial charge in [-0.15, -0.1) is 0 Å². The highest BCUT2D eigenvalue weighted by atomic mass is 32.1. The zero-order valence-electron chi connectivity index (χ0n) is 11.9. The first kappa shape index (κ1) is 15.9. The Morgan fingerprint density at radius 2 is 2.00 bits per heavy atom. The van der Waals surface area contributed by atoms with E-state index in [1.165, 1.54) is 12.8 Å². The van der Waals surface area contributed by atoms with Gasteiger partial charge in [0.1, 0.15) is 4.99 Å². The molecular weight excluding hydrogens is 286 g/mol. The van der Waals surface area contributed by atoms with Crippen LogP contribution in [0.15, 0.2) is 24.3 Å². The number of hydrogen-bond acceptors (Lipinski definition) is 4. The second-order valence-corrected chi connectivity index (χ2v) is 5.67. The minimum Gasteiger partial charge on any atom is -0.395 e. The second-order valence-electron chi connectivity index (χ2n) is 5.23. The van der Waals surface area contributed by atoms with E-state index in [0.717, 1.165) is 11.3 Å². The van der Waals surface area contributed by atoms with Crippen molar-refractivity contribution in [2.45, 2.75) is 25.3 Å². The molecule has 0 heterocycles. The molecule has 1 aliphatic carbocycles. The predicted molar refractivity (Wildman–Crippen MR) is 87.3 cm³/mol. The summed E-state index contributed by atoms with van der Waals surface area (Å²) in [5.74, 6) is -0.0262. The lowest BCUT2D eigenvalue weighted by atomic mass is 10.2. The van der Waals surface area contributed by atoms with Crippen LogP contribution in [0.25, 0.3) is 0 Å². The van der Waals surface area contributed by atoms with Gasteiger partial charge in [-0.1, -0.05) is 12.2 Å². The van der Waals surface area contributed by atoms with Crippen LogP contribution in [-0.4, -0.2) is 46.6 Å². The van der Waals surface area contributed by atoms with Gasteiger partial charge in [-0.25, -0.2) is 0 Å². The molecule has 0 saturated heterocycles. The maximum absolute atomic E-state index is 11.9. The standard InChI is InChI=1S/C15H21N3O2S/c16-15(21)11-1-3-12(4-2-11)17-14(20)7-8-18(9-10-19)13-5-6-13/h1-4,13,19H,5-10H2,(H2,16,21)(H,17,20). The van der Waals surface area contributed by atoms with Crippen molar-refractivity contribution in [2.75, 3.05) is 25.0 Å². The Kier molecular flexibility index (Phi) is 5.67. The highest BCUT2D eigenvalue weighted by molar-refractivity contribution is 7.80. The lowest BCUT2D eigenvalue weighted by molar-refractivity contribution is -0.116. The Labute approximate surface area is 130 Å². The monoisotopic (exact) mass is 307 g/mol. The summed E-state index contributed by atoms with van der Waals surface area (Å²) >= 11 is 4.88. The fourth-order valence-corrected chi connectivity index (χ4v) is 2.37. The molecule has 0 atom stereocenters. The highest BCUT2D eigenvalue weighted by Crippen LogP contribution is 2.26. The number of carbonyl (C=O) groups is 1. The molecule has 0 radical (unpaired) electrons. The van der Waals surface area contributed by atoms with Crippen LogP contribution in [0.1, 0.15) is 24.8 Å². The fourth-order valence-electron chi connectivity index (χ4n) is 2.23. The summed E-state index contributed by atoms with van der Waals surface area (Å²) in [5.41, 5.74) is 7.05. The molecule has 0 spiro atoms. The van der Waals surface area contributed by atoms with Gasteiger partial charge < -0.3 is 16.2 Å². The summed E-state index contributed by atoms with van der Waals surface area (Å²) in [6, 6.07) is 7.72. The van der Waals surface area contributed by atoms with Gasteiger partial charge in [0.15, 0.2) is 0 Å². The smallest absolute Gasteiger partial charge is 0.225 e. The molecule has 1 fully saturated rings. The number of nitrogens with two attached hydrogens (primary N) is 1. The van der Waals surface area contributed by atoms with E-state index in [4.69, 9.17) is 23.1 Å². The summed E-state index contributed by atoms with van der Waals surface area (Å²) in [4.78, 5) is 14.5. The number of hydrogen-bond donors (Lipinski definition) is 3. The lowest BCUT2D eigenvalue weighted by Gasteiger charge is -2.20. The van der Waals surface area contributed by atoms with Gasteiger partial charge in [0.05, 0.1) is 6.61 Å². The van der Waals surface area contributed by atoms with Crippen LogP contribution in [0, 0.1) is 0 Å². The number of rotatable bonds is 8. The Hall–Kier alpha value is -1.50. The quantitative estimate of drug-likeness (QED) is 0.627. The van der Waals surface area contributed by atoms with Crippen LogP contribution >= 0.6 is 12.2 Å². The van der Waals surface area contributed by atoms with E-state index in [0.29, 0.717) is 30.5 Å². The Morgan fingerprint density at radius 1 is 1.33 bits per heavy atom. The van der Waals surface area contributed by atoms with E-state index in [1.807, 2.05) is 0 Å². The normalized spacial score (nSPS) is 14.2. The number of aliphatic hydroxyl groups excluding tert-OH is 1. The molecule has 0 bridgehead atoms. The van der Waals surface area contributed by atoms with Gasteiger partial charge in [0, 0.05) is 36.8 Å². The first-order chi connectivity index (χ1) is 10.1. The lowest BCUT2D eigenvalue weighted by Crippen LogP contribution is -2.32. The van der Waals surface area contributed by atoms with Crippen molar-refractivity contribution in [3.05, 3.63) is 29.8 Å². The average molecular weight is 307 g/mol. The first-order valence-corrected chi connectivity index (χ1v) is 7.55. The number of nitrogens with zero attached hydrogens (tertiary/aromatic N) is 1. The molecule has 4 N–H and O–H groups in total. The average Bonchev–Trinajstić information content (AvgIpc) is 3.28. The number of benzene rings is 1. The van der Waals surface area contributed by atoms with Crippen LogP contribution in [0.5, 0.6) is 0 Å². The number of carbonyl (C=O) groups excluding carboxylic acids is 1. The van der Waals surface area contributed by atoms with E-state index < -0.39 is 0 Å². The minimum absolute atomic E-state index is 0.0262. The van der Waals surface area contributed by atoms with Crippen LogP contribution in [-0.2, 0) is 4.79 Å². The van der Waals surface area contributed by atoms with E-state index in [9.17, 15) is 4.79 Å². The summed E-state index contributed by atoms with van der Waals surface area (Å²) < 4.78 is 0. The number of amides is 1. The van der Waals surface area contributed by atoms with Gasteiger partial charge in [-0.2, -0.15) is 0 Å². The Balaban J connectivity index is 1.79. The Bertz CT molecular complexity index is 500. The van der Waals surface area contributed by atoms with E-state index in [2.05, 4.69) is 10.2 Å². The van der Waals surface area contributed by atoms with Crippen molar-refractivity contribution in [3.8, 4) is 0 Å². The molecule has 1 aromatic carbocycles. The molecule has 1 aliphatic rings. The van der Waals surface area contributed by atoms with E-state index >= 15 is 0 Å². The third kappa shape index (κ3) is 5.08. The van der Waals surface area contributed by atoms with E-state index in [1.54, 1.807) is 24.3 Å². The predicted octanol–water partition coefficient (Wildman–Crippen LogP) is 1.11. The molecule has 5 nitrogen and oxygen atoms in total. The molecule has 21 heavy (non-hydrogen) atoms. The van der Waals surface area contributed by atoms with Gasteiger partial charge >= 0.3 is 0 Å². The molecule has 2 rings (SSSR count). The van der Waals surface area contributed by atoms with Crippen molar-refractivity contribution in [2.24, 2.45) is 5.73 Å². The van der Waals surface area contributed by atoms with Crippen molar-refractivity contribution >= 4 is 28.8 Å². The molecule has 0 aromatic heterocycles. The largest absolute Gasteiger partial charge is 0.395 e. The Morgan fingerprint density at radius 3 is 2.52 bits per heavy atom. The third-order valence-corrected chi connectivity index (χ3v) is 3.77. The molecular formula is C15H21N3O2S. The minimum atomic E-state index is -0.0262. The molecule has 1 amide bonds. The zero-order chi connectivity index (χ0) is 15.2. The van der Waals surface area contributed by atoms with Crippen molar-refractivity contribution in [1.82, 2.24) is 4.90 Å². The zero-order valence-corrected chi connectivity index (χ0v) is 12.7. The van der Waals surface area contributed by atoms with Crippen molar-refractivity contribution < 1.29 is 9.90 Å². The third-order valence-electron chi connectivity index (χ3n) is 3.53. The van der Waals surface area contributed by atoms with Gasteiger partial charge in [0.2, 0.25) is 5.91 Å². The van der Waals surface area contributed by atoms with Crippen molar-refractivity contribution in [1.29, 1.82) is 0 Å². The van der Waals surface area contributed by atoms with Gasteiger partial charge in [-0.05, 0) is 37.1 Å². The summed E-state index contributed by atoms with van der Waals surface area (Å²) in [7, 11) is 0. The fraction of sp³-hybridized carbons (Fsp3) is 0.467. The topological polar surface area (TPSA) is 78.6 Å². The summed E-state index contributed by atoms with van der Waals surface area (Å²) in [5, 5.41) is 11.9. The van der Waals surface area contributed by atoms with Gasteiger partial charge in [0.25, 0.3) is 0 Å². The number of nitrogens with one attached hydrogen (secondary N) is 1. The summed E-state index contributed by atoms with van der Waals surface area (Å²) in [6.07, 6.45) is 2.76. The maximum Gasteiger partial charge on any atom is 0.225 e. The highest BCUT2D eigenvalue weighted by Gasteiger charge is 2.28. The van der Waals surface area contributed by atoms with Crippen LogP contribution < -0.4 is 11.1 Å². The second kappa shape index (κ2) is 7.49. The maximum atomic E-state index is 11.9. The molecule has 1 aromatic rings. The van der Waals surface area contributed by atoms with Gasteiger partial charge in [-0.3, -0.25) is 9.69 Å². The number of aliphatic hydroxyl groups is 1. The number of thiocarbonyl (C=S) groups is 1. The SMILES string of the molecule is NC(=S)c1ccc(NC(=O)CCN(CCO)C2CC2)cc1. The van der Waals surface area contributed by atoms with Crippen LogP contribution in [0.4, 0.5) is 5.69 Å². The number of anilines is 1. The molecule has 0 aliphatic heterocycles. The van der Waals surface area contributed by atoms with Crippen molar-refractivity contribution in [3.63, 3.8) is 0 Å².